The highest BCUT2D eigenvalue weighted by molar-refractivity contribution is 4.75. The van der Waals surface area contributed by atoms with E-state index in [9.17, 15) is 0 Å². The maximum atomic E-state index is 8.64. The number of aliphatic hydroxyl groups is 1. The van der Waals surface area contributed by atoms with Gasteiger partial charge in [0.15, 0.2) is 6.29 Å². The number of ether oxygens (including phenoxy) is 3. The summed E-state index contributed by atoms with van der Waals surface area (Å²) < 4.78 is 15.5. The molecule has 1 N–H and O–H groups in total. The summed E-state index contributed by atoms with van der Waals surface area (Å²) in [6, 6.07) is 0. The Bertz CT molecular complexity index is 160. The van der Waals surface area contributed by atoms with Crippen LogP contribution in [0.3, 0.4) is 0 Å². The Morgan fingerprint density at radius 1 is 1.36 bits per heavy atom. The van der Waals surface area contributed by atoms with E-state index in [1.54, 1.807) is 6.08 Å². The molecule has 4 heteroatoms. The van der Waals surface area contributed by atoms with Gasteiger partial charge in [-0.1, -0.05) is 6.08 Å². The van der Waals surface area contributed by atoms with Crippen molar-refractivity contribution in [2.24, 2.45) is 0 Å². The molecule has 4 nitrogen and oxygen atoms in total. The lowest BCUT2D eigenvalue weighted by Crippen LogP contribution is -2.05. The average molecular weight is 202 g/mol. The molecular formula is C10H18O4. The maximum Gasteiger partial charge on any atom is 0.186 e. The zero-order valence-electron chi connectivity index (χ0n) is 8.35. The van der Waals surface area contributed by atoms with E-state index in [2.05, 4.69) is 6.58 Å². The van der Waals surface area contributed by atoms with Crippen LogP contribution in [0.2, 0.25) is 0 Å². The molecule has 1 heterocycles. The topological polar surface area (TPSA) is 51.2 Å². The van der Waals surface area contributed by atoms with Crippen molar-refractivity contribution in [3.8, 4) is 0 Å². The third kappa shape index (κ3) is 4.72. The summed E-state index contributed by atoms with van der Waals surface area (Å²) in [6.45, 7) is 5.62. The highest BCUT2D eigenvalue weighted by Crippen LogP contribution is 2.22. The molecule has 0 spiro atoms. The summed E-state index contributed by atoms with van der Waals surface area (Å²) in [5.74, 6) is 0. The van der Waals surface area contributed by atoms with Crippen molar-refractivity contribution in [2.75, 3.05) is 26.4 Å². The lowest BCUT2D eigenvalue weighted by molar-refractivity contribution is 0.0438. The lowest BCUT2D eigenvalue weighted by Gasteiger charge is -2.01. The molecule has 0 saturated carbocycles. The molecule has 1 fully saturated rings. The summed E-state index contributed by atoms with van der Waals surface area (Å²) in [7, 11) is 0. The average Bonchev–Trinajstić information content (AvgIpc) is 2.95. The molecule has 0 aromatic rings. The van der Waals surface area contributed by atoms with Gasteiger partial charge in [-0.2, -0.15) is 0 Å². The van der Waals surface area contributed by atoms with Crippen molar-refractivity contribution in [2.45, 2.75) is 25.2 Å². The van der Waals surface area contributed by atoms with E-state index in [-0.39, 0.29) is 19.0 Å². The molecule has 0 aliphatic carbocycles. The van der Waals surface area contributed by atoms with Crippen LogP contribution in [0.25, 0.3) is 0 Å². The van der Waals surface area contributed by atoms with Gasteiger partial charge in [-0.15, -0.1) is 6.58 Å². The van der Waals surface area contributed by atoms with Crippen LogP contribution < -0.4 is 0 Å². The smallest absolute Gasteiger partial charge is 0.186 e. The van der Waals surface area contributed by atoms with Crippen LogP contribution in [0.5, 0.6) is 0 Å². The molecular weight excluding hydrogens is 184 g/mol. The maximum absolute atomic E-state index is 8.64. The fourth-order valence-corrected chi connectivity index (χ4v) is 1.07. The molecule has 0 bridgehead atoms. The van der Waals surface area contributed by atoms with E-state index in [1.165, 1.54) is 0 Å². The number of epoxide rings is 1. The number of hydrogen-bond acceptors (Lipinski definition) is 4. The second kappa shape index (κ2) is 6.95. The molecule has 1 saturated heterocycles. The summed E-state index contributed by atoms with van der Waals surface area (Å²) in [5, 5.41) is 8.64. The highest BCUT2D eigenvalue weighted by Gasteiger charge is 2.38. The van der Waals surface area contributed by atoms with E-state index >= 15 is 0 Å². The van der Waals surface area contributed by atoms with E-state index in [1.807, 2.05) is 0 Å². The van der Waals surface area contributed by atoms with Gasteiger partial charge in [0.25, 0.3) is 0 Å². The van der Waals surface area contributed by atoms with Gasteiger partial charge >= 0.3 is 0 Å². The molecule has 1 aliphatic rings. The van der Waals surface area contributed by atoms with E-state index < -0.39 is 0 Å². The van der Waals surface area contributed by atoms with Crippen LogP contribution in [-0.4, -0.2) is 43.9 Å². The Balaban J connectivity index is 1.74. The van der Waals surface area contributed by atoms with Crippen molar-refractivity contribution >= 4 is 0 Å². The minimum Gasteiger partial charge on any atom is -0.393 e. The normalized spacial score (nSPS) is 24.9. The first-order valence-electron chi connectivity index (χ1n) is 4.95. The van der Waals surface area contributed by atoms with Crippen molar-refractivity contribution < 1.29 is 19.3 Å². The summed E-state index contributed by atoms with van der Waals surface area (Å²) in [4.78, 5) is 0. The van der Waals surface area contributed by atoms with Gasteiger partial charge in [0, 0.05) is 13.2 Å². The second-order valence-corrected chi connectivity index (χ2v) is 3.17. The minimum atomic E-state index is -0.172. The van der Waals surface area contributed by atoms with Crippen molar-refractivity contribution in [1.82, 2.24) is 0 Å². The van der Waals surface area contributed by atoms with Crippen molar-refractivity contribution in [3.63, 3.8) is 0 Å². The molecule has 0 amide bonds. The van der Waals surface area contributed by atoms with Gasteiger partial charge in [0.1, 0.15) is 6.10 Å². The highest BCUT2D eigenvalue weighted by atomic mass is 16.8. The molecule has 2 unspecified atom stereocenters. The summed E-state index contributed by atoms with van der Waals surface area (Å²) in [5.41, 5.74) is 0. The first-order valence-corrected chi connectivity index (χ1v) is 4.95. The fraction of sp³-hybridized carbons (Fsp3) is 0.800. The summed E-state index contributed by atoms with van der Waals surface area (Å²) >= 11 is 0. The summed E-state index contributed by atoms with van der Waals surface area (Å²) in [6.07, 6.45) is 3.40. The van der Waals surface area contributed by atoms with Crippen LogP contribution in [0, 0.1) is 0 Å². The number of aliphatic hydroxyl groups excluding tert-OH is 1. The van der Waals surface area contributed by atoms with Crippen LogP contribution >= 0.6 is 0 Å². The quantitative estimate of drug-likeness (QED) is 0.340. The van der Waals surface area contributed by atoms with Gasteiger partial charge < -0.3 is 19.3 Å². The Kier molecular flexibility index (Phi) is 5.78. The number of unbranched alkanes of at least 4 members (excludes halogenated alkanes) is 1. The first-order chi connectivity index (χ1) is 6.88. The minimum absolute atomic E-state index is 0.0487. The zero-order chi connectivity index (χ0) is 10.2. The Morgan fingerprint density at radius 2 is 2.14 bits per heavy atom. The van der Waals surface area contributed by atoms with Gasteiger partial charge in [-0.3, -0.25) is 0 Å². The van der Waals surface area contributed by atoms with Crippen LogP contribution in [-0.2, 0) is 14.2 Å². The molecule has 0 radical (unpaired) electrons. The first kappa shape index (κ1) is 11.7. The molecule has 0 aromatic heterocycles. The predicted molar refractivity (Wildman–Crippen MR) is 51.9 cm³/mol. The van der Waals surface area contributed by atoms with Gasteiger partial charge in [0.2, 0.25) is 0 Å². The number of hydrogen-bond donors (Lipinski definition) is 1. The monoisotopic (exact) mass is 202 g/mol. The largest absolute Gasteiger partial charge is 0.393 e. The molecule has 82 valence electrons. The predicted octanol–water partition coefficient (Wildman–Crippen LogP) is 0.703. The molecule has 1 rings (SSSR count). The van der Waals surface area contributed by atoms with Gasteiger partial charge in [-0.05, 0) is 12.8 Å². The van der Waals surface area contributed by atoms with E-state index in [0.717, 1.165) is 19.4 Å². The van der Waals surface area contributed by atoms with Gasteiger partial charge in [0.05, 0.1) is 13.2 Å². The third-order valence-corrected chi connectivity index (χ3v) is 1.92. The zero-order valence-corrected chi connectivity index (χ0v) is 8.35. The Labute approximate surface area is 84.5 Å². The standard InChI is InChI=1S/C10H18O4/c1-2-5-12-6-3-4-7-13-10-9(8-11)14-10/h2,9-11H,1,3-8H2. The van der Waals surface area contributed by atoms with Crippen molar-refractivity contribution in [1.29, 1.82) is 0 Å². The molecule has 0 aromatic carbocycles. The van der Waals surface area contributed by atoms with Crippen LogP contribution in [0.1, 0.15) is 12.8 Å². The SMILES string of the molecule is C=CCOCCCCOC1OC1CO. The van der Waals surface area contributed by atoms with Gasteiger partial charge in [-0.25, -0.2) is 0 Å². The Morgan fingerprint density at radius 3 is 2.79 bits per heavy atom. The van der Waals surface area contributed by atoms with Crippen molar-refractivity contribution in [3.05, 3.63) is 12.7 Å². The molecule has 2 atom stereocenters. The fourth-order valence-electron chi connectivity index (χ4n) is 1.07. The van der Waals surface area contributed by atoms with Crippen LogP contribution in [0.15, 0.2) is 12.7 Å². The third-order valence-electron chi connectivity index (χ3n) is 1.92. The Hall–Kier alpha value is -0.420. The molecule has 1 aliphatic heterocycles. The number of rotatable bonds is 9. The second-order valence-electron chi connectivity index (χ2n) is 3.17. The van der Waals surface area contributed by atoms with E-state index in [4.69, 9.17) is 19.3 Å². The molecule has 14 heavy (non-hydrogen) atoms. The van der Waals surface area contributed by atoms with Crippen LogP contribution in [0.4, 0.5) is 0 Å². The van der Waals surface area contributed by atoms with E-state index in [0.29, 0.717) is 13.2 Å². The lowest BCUT2D eigenvalue weighted by atomic mass is 10.3.